The Hall–Kier alpha value is -0.960. The topological polar surface area (TPSA) is 42.2 Å². The summed E-state index contributed by atoms with van der Waals surface area (Å²) in [5.74, 6) is 0.269. The monoisotopic (exact) mass is 187 g/mol. The number of aryl methyl sites for hydroxylation is 1. The summed E-state index contributed by atoms with van der Waals surface area (Å²) in [6, 6.07) is 1.33. The summed E-state index contributed by atoms with van der Waals surface area (Å²) in [5.41, 5.74) is 0.210. The van der Waals surface area contributed by atoms with Gasteiger partial charge >= 0.3 is 0 Å². The van der Waals surface area contributed by atoms with Gasteiger partial charge in [0.15, 0.2) is 5.75 Å². The number of rotatable bonds is 2. The molecule has 1 aromatic rings. The summed E-state index contributed by atoms with van der Waals surface area (Å²) in [6.07, 6.45) is 1.62. The molecule has 0 aliphatic heterocycles. The van der Waals surface area contributed by atoms with Crippen molar-refractivity contribution in [1.82, 2.24) is 4.57 Å². The molecule has 0 spiro atoms. The highest BCUT2D eigenvalue weighted by molar-refractivity contribution is 6.17. The summed E-state index contributed by atoms with van der Waals surface area (Å²) in [5, 5.41) is 9.24. The fraction of sp³-hybridized carbons (Fsp3) is 0.375. The number of hydrogen-bond donors (Lipinski definition) is 1. The first kappa shape index (κ1) is 9.13. The van der Waals surface area contributed by atoms with E-state index in [4.69, 9.17) is 11.6 Å². The maximum absolute atomic E-state index is 10.9. The number of nitrogens with zero attached hydrogens (tertiary/aromatic N) is 1. The predicted octanol–water partition coefficient (Wildman–Crippen LogP) is 1.10. The molecule has 0 unspecified atom stereocenters. The second kappa shape index (κ2) is 3.63. The van der Waals surface area contributed by atoms with Gasteiger partial charge in [-0.2, -0.15) is 0 Å². The lowest BCUT2D eigenvalue weighted by Crippen LogP contribution is -2.10. The Kier molecular flexibility index (Phi) is 2.76. The van der Waals surface area contributed by atoms with Crippen molar-refractivity contribution in [1.29, 1.82) is 0 Å². The van der Waals surface area contributed by atoms with Crippen LogP contribution >= 0.6 is 11.6 Å². The second-order valence-electron chi connectivity index (χ2n) is 2.50. The summed E-state index contributed by atoms with van der Waals surface area (Å²) < 4.78 is 1.74. The summed E-state index contributed by atoms with van der Waals surface area (Å²) in [4.78, 5) is 10.9. The molecule has 0 amide bonds. The molecule has 4 heteroatoms. The van der Waals surface area contributed by atoms with Gasteiger partial charge in [-0.3, -0.25) is 4.79 Å². The third kappa shape index (κ3) is 1.61. The highest BCUT2D eigenvalue weighted by Gasteiger charge is 2.03. The van der Waals surface area contributed by atoms with E-state index in [-0.39, 0.29) is 11.2 Å². The van der Waals surface area contributed by atoms with Gasteiger partial charge in [0.2, 0.25) is 5.43 Å². The van der Waals surface area contributed by atoms with E-state index in [1.54, 1.807) is 17.7 Å². The van der Waals surface area contributed by atoms with Crippen LogP contribution in [0, 0.1) is 6.92 Å². The van der Waals surface area contributed by atoms with Crippen molar-refractivity contribution in [2.75, 3.05) is 5.88 Å². The summed E-state index contributed by atoms with van der Waals surface area (Å²) >= 11 is 5.52. The van der Waals surface area contributed by atoms with Crippen LogP contribution in [0.15, 0.2) is 17.1 Å². The lowest BCUT2D eigenvalue weighted by atomic mass is 10.3. The van der Waals surface area contributed by atoms with E-state index in [9.17, 15) is 9.90 Å². The summed E-state index contributed by atoms with van der Waals surface area (Å²) in [7, 11) is 0. The molecule has 0 aromatic carbocycles. The highest BCUT2D eigenvalue weighted by Crippen LogP contribution is 2.08. The van der Waals surface area contributed by atoms with Gasteiger partial charge < -0.3 is 9.67 Å². The first-order chi connectivity index (χ1) is 5.66. The minimum absolute atomic E-state index is 0.192. The fourth-order valence-electron chi connectivity index (χ4n) is 0.996. The lowest BCUT2D eigenvalue weighted by molar-refractivity contribution is 0.454. The van der Waals surface area contributed by atoms with Crippen LogP contribution in [0.4, 0.5) is 0 Å². The number of halogens is 1. The first-order valence-electron chi connectivity index (χ1n) is 3.62. The van der Waals surface area contributed by atoms with Crippen LogP contribution in [0.5, 0.6) is 5.75 Å². The van der Waals surface area contributed by atoms with Crippen molar-refractivity contribution in [2.45, 2.75) is 13.5 Å². The first-order valence-corrected chi connectivity index (χ1v) is 4.15. The van der Waals surface area contributed by atoms with Gasteiger partial charge in [-0.1, -0.05) is 0 Å². The zero-order chi connectivity index (χ0) is 9.14. The minimum atomic E-state index is -0.349. The van der Waals surface area contributed by atoms with Crippen LogP contribution < -0.4 is 5.43 Å². The summed E-state index contributed by atoms with van der Waals surface area (Å²) in [6.45, 7) is 2.28. The molecule has 1 rings (SSSR count). The van der Waals surface area contributed by atoms with Gasteiger partial charge in [0.1, 0.15) is 0 Å². The maximum atomic E-state index is 10.9. The molecular formula is C8H10ClNO2. The van der Waals surface area contributed by atoms with Crippen LogP contribution in [0.1, 0.15) is 5.69 Å². The largest absolute Gasteiger partial charge is 0.503 e. The van der Waals surface area contributed by atoms with E-state index in [0.717, 1.165) is 0 Å². The normalized spacial score (nSPS) is 10.2. The quantitative estimate of drug-likeness (QED) is 0.705. The number of aromatic hydroxyl groups is 1. The molecule has 0 saturated heterocycles. The molecule has 0 bridgehead atoms. The number of aromatic nitrogens is 1. The Morgan fingerprint density at radius 1 is 1.67 bits per heavy atom. The Balaban J connectivity index is 3.17. The lowest BCUT2D eigenvalue weighted by Gasteiger charge is -2.08. The van der Waals surface area contributed by atoms with Crippen LogP contribution in [-0.2, 0) is 6.54 Å². The van der Waals surface area contributed by atoms with E-state index in [2.05, 4.69) is 0 Å². The SMILES string of the molecule is Cc1c(O)c(=O)ccn1CCCl. The Morgan fingerprint density at radius 2 is 2.33 bits per heavy atom. The number of alkyl halides is 1. The Bertz CT molecular complexity index is 332. The molecule has 1 N–H and O–H groups in total. The number of pyridine rings is 1. The van der Waals surface area contributed by atoms with Crippen LogP contribution in [0.3, 0.4) is 0 Å². The average molecular weight is 188 g/mol. The zero-order valence-electron chi connectivity index (χ0n) is 6.75. The molecule has 0 atom stereocenters. The predicted molar refractivity (Wildman–Crippen MR) is 47.8 cm³/mol. The smallest absolute Gasteiger partial charge is 0.223 e. The van der Waals surface area contributed by atoms with Crippen molar-refractivity contribution in [3.8, 4) is 5.75 Å². The molecule has 3 nitrogen and oxygen atoms in total. The third-order valence-corrected chi connectivity index (χ3v) is 1.91. The van der Waals surface area contributed by atoms with Crippen LogP contribution in [0.25, 0.3) is 0 Å². The van der Waals surface area contributed by atoms with Gasteiger partial charge in [0.05, 0.1) is 5.69 Å². The van der Waals surface area contributed by atoms with Crippen molar-refractivity contribution >= 4 is 11.6 Å². The van der Waals surface area contributed by atoms with Crippen molar-refractivity contribution < 1.29 is 5.11 Å². The van der Waals surface area contributed by atoms with Crippen LogP contribution in [0.2, 0.25) is 0 Å². The van der Waals surface area contributed by atoms with Gasteiger partial charge in [-0.25, -0.2) is 0 Å². The maximum Gasteiger partial charge on any atom is 0.223 e. The molecule has 66 valence electrons. The van der Waals surface area contributed by atoms with Gasteiger partial charge in [0.25, 0.3) is 0 Å². The fourth-order valence-corrected chi connectivity index (χ4v) is 1.18. The van der Waals surface area contributed by atoms with Crippen molar-refractivity contribution in [3.05, 3.63) is 28.2 Å². The van der Waals surface area contributed by atoms with E-state index in [0.29, 0.717) is 18.1 Å². The second-order valence-corrected chi connectivity index (χ2v) is 2.87. The molecule has 0 fully saturated rings. The molecule has 0 radical (unpaired) electrons. The molecule has 12 heavy (non-hydrogen) atoms. The highest BCUT2D eigenvalue weighted by atomic mass is 35.5. The van der Waals surface area contributed by atoms with Gasteiger partial charge in [0, 0.05) is 24.7 Å². The molecule has 1 heterocycles. The van der Waals surface area contributed by atoms with Gasteiger partial charge in [-0.15, -0.1) is 11.6 Å². The van der Waals surface area contributed by atoms with E-state index < -0.39 is 0 Å². The van der Waals surface area contributed by atoms with E-state index >= 15 is 0 Å². The average Bonchev–Trinajstić information content (AvgIpc) is 2.07. The molecule has 0 saturated carbocycles. The minimum Gasteiger partial charge on any atom is -0.503 e. The third-order valence-electron chi connectivity index (χ3n) is 1.74. The van der Waals surface area contributed by atoms with Crippen molar-refractivity contribution in [2.24, 2.45) is 0 Å². The van der Waals surface area contributed by atoms with E-state index in [1.807, 2.05) is 0 Å². The van der Waals surface area contributed by atoms with E-state index in [1.165, 1.54) is 6.07 Å². The van der Waals surface area contributed by atoms with Gasteiger partial charge in [-0.05, 0) is 6.92 Å². The molecule has 1 aromatic heterocycles. The standard InChI is InChI=1S/C8H10ClNO2/c1-6-8(12)7(11)2-4-10(6)5-3-9/h2,4,12H,3,5H2,1H3. The van der Waals surface area contributed by atoms with Crippen molar-refractivity contribution in [3.63, 3.8) is 0 Å². The molecule has 0 aliphatic rings. The molecular weight excluding hydrogens is 178 g/mol. The Morgan fingerprint density at radius 3 is 2.92 bits per heavy atom. The Labute approximate surface area is 75.2 Å². The number of hydrogen-bond acceptors (Lipinski definition) is 2. The van der Waals surface area contributed by atoms with Crippen LogP contribution in [-0.4, -0.2) is 15.6 Å². The zero-order valence-corrected chi connectivity index (χ0v) is 7.51. The molecule has 0 aliphatic carbocycles.